The third-order valence-electron chi connectivity index (χ3n) is 4.92. The van der Waals surface area contributed by atoms with Crippen molar-refractivity contribution >= 4 is 6.09 Å². The molecule has 124 valence electrons. The molecule has 0 spiro atoms. The van der Waals surface area contributed by atoms with Crippen LogP contribution < -0.4 is 5.32 Å². The van der Waals surface area contributed by atoms with Crippen LogP contribution in [0.1, 0.15) is 37.3 Å². The second kappa shape index (κ2) is 6.52. The summed E-state index contributed by atoms with van der Waals surface area (Å²) in [7, 11) is 0. The molecule has 3 nitrogen and oxygen atoms in total. The Bertz CT molecular complexity index is 722. The lowest BCUT2D eigenvalue weighted by Crippen LogP contribution is -2.44. The van der Waals surface area contributed by atoms with Crippen LogP contribution >= 0.6 is 0 Å². The molecule has 2 aromatic carbocycles. The molecule has 0 saturated heterocycles. The molecule has 0 radical (unpaired) electrons. The molecule has 0 aliphatic heterocycles. The molecule has 0 heterocycles. The minimum absolute atomic E-state index is 0.0831. The van der Waals surface area contributed by atoms with Gasteiger partial charge in [0.25, 0.3) is 0 Å². The van der Waals surface area contributed by atoms with E-state index in [1.165, 1.54) is 22.3 Å². The topological polar surface area (TPSA) is 38.3 Å². The monoisotopic (exact) mass is 321 g/mol. The van der Waals surface area contributed by atoms with Crippen LogP contribution in [0.3, 0.4) is 0 Å². The van der Waals surface area contributed by atoms with Crippen molar-refractivity contribution in [2.24, 2.45) is 0 Å². The van der Waals surface area contributed by atoms with E-state index >= 15 is 0 Å². The lowest BCUT2D eigenvalue weighted by atomic mass is 9.98. The maximum Gasteiger partial charge on any atom is 0.407 e. The van der Waals surface area contributed by atoms with Gasteiger partial charge in [-0.3, -0.25) is 0 Å². The van der Waals surface area contributed by atoms with Crippen LogP contribution in [0.4, 0.5) is 4.79 Å². The van der Waals surface area contributed by atoms with E-state index in [0.717, 1.165) is 6.42 Å². The van der Waals surface area contributed by atoms with E-state index in [4.69, 9.17) is 4.74 Å². The number of benzene rings is 2. The van der Waals surface area contributed by atoms with Crippen molar-refractivity contribution in [3.63, 3.8) is 0 Å². The Morgan fingerprint density at radius 1 is 1.17 bits per heavy atom. The van der Waals surface area contributed by atoms with Crippen LogP contribution in [-0.4, -0.2) is 18.2 Å². The van der Waals surface area contributed by atoms with E-state index in [1.807, 2.05) is 38.1 Å². The van der Waals surface area contributed by atoms with Crippen LogP contribution in [-0.2, 0) is 4.74 Å². The number of carbonyl (C=O) groups is 1. The zero-order chi connectivity index (χ0) is 17.2. The fraction of sp³-hybridized carbons (Fsp3) is 0.286. The van der Waals surface area contributed by atoms with Gasteiger partial charge in [-0.1, -0.05) is 61.5 Å². The van der Waals surface area contributed by atoms with Gasteiger partial charge >= 0.3 is 6.09 Å². The zero-order valence-electron chi connectivity index (χ0n) is 14.2. The van der Waals surface area contributed by atoms with E-state index in [1.54, 1.807) is 6.08 Å². The highest BCUT2D eigenvalue weighted by Gasteiger charge is 2.29. The van der Waals surface area contributed by atoms with E-state index in [-0.39, 0.29) is 5.92 Å². The van der Waals surface area contributed by atoms with Gasteiger partial charge in [0, 0.05) is 5.92 Å². The van der Waals surface area contributed by atoms with E-state index in [0.29, 0.717) is 6.61 Å². The molecular weight excluding hydrogens is 298 g/mol. The highest BCUT2D eigenvalue weighted by atomic mass is 16.5. The average Bonchev–Trinajstić information content (AvgIpc) is 2.94. The molecule has 1 atom stereocenters. The third-order valence-corrected chi connectivity index (χ3v) is 4.92. The maximum absolute atomic E-state index is 12.2. The molecule has 1 aliphatic carbocycles. The molecule has 0 fully saturated rings. The maximum atomic E-state index is 12.2. The molecule has 24 heavy (non-hydrogen) atoms. The summed E-state index contributed by atoms with van der Waals surface area (Å²) in [6.45, 7) is 8.05. The molecule has 1 aliphatic rings. The zero-order valence-corrected chi connectivity index (χ0v) is 14.2. The van der Waals surface area contributed by atoms with Crippen molar-refractivity contribution in [3.05, 3.63) is 72.3 Å². The summed E-state index contributed by atoms with van der Waals surface area (Å²) in [6, 6.07) is 16.6. The summed E-state index contributed by atoms with van der Waals surface area (Å²) in [5.41, 5.74) is 4.45. The first-order valence-electron chi connectivity index (χ1n) is 8.34. The lowest BCUT2D eigenvalue weighted by molar-refractivity contribution is 0.135. The Morgan fingerprint density at radius 2 is 1.71 bits per heavy atom. The summed E-state index contributed by atoms with van der Waals surface area (Å²) >= 11 is 0. The van der Waals surface area contributed by atoms with E-state index < -0.39 is 11.6 Å². The normalized spacial score (nSPS) is 15.1. The first kappa shape index (κ1) is 16.3. The van der Waals surface area contributed by atoms with Gasteiger partial charge in [0.05, 0.1) is 5.54 Å². The van der Waals surface area contributed by atoms with Crippen molar-refractivity contribution in [1.82, 2.24) is 5.32 Å². The molecule has 1 unspecified atom stereocenters. The largest absolute Gasteiger partial charge is 0.449 e. The fourth-order valence-corrected chi connectivity index (χ4v) is 3.15. The molecule has 3 rings (SSSR count). The predicted molar refractivity (Wildman–Crippen MR) is 97.1 cm³/mol. The Kier molecular flexibility index (Phi) is 4.43. The highest BCUT2D eigenvalue weighted by Crippen LogP contribution is 2.44. The molecule has 0 bridgehead atoms. The van der Waals surface area contributed by atoms with Gasteiger partial charge in [0.1, 0.15) is 6.61 Å². The summed E-state index contributed by atoms with van der Waals surface area (Å²) in [5.74, 6) is 0.0831. The molecule has 3 heteroatoms. The van der Waals surface area contributed by atoms with Crippen LogP contribution in [0.25, 0.3) is 11.1 Å². The second-order valence-corrected chi connectivity index (χ2v) is 6.43. The Morgan fingerprint density at radius 3 is 2.21 bits per heavy atom. The molecule has 2 aromatic rings. The Labute approximate surface area is 143 Å². The summed E-state index contributed by atoms with van der Waals surface area (Å²) in [5, 5.41) is 2.89. The summed E-state index contributed by atoms with van der Waals surface area (Å²) in [4.78, 5) is 12.2. The Hall–Kier alpha value is -2.55. The number of ether oxygens (including phenoxy) is 1. The van der Waals surface area contributed by atoms with Crippen LogP contribution in [0, 0.1) is 0 Å². The van der Waals surface area contributed by atoms with Gasteiger partial charge in [0.2, 0.25) is 0 Å². The first-order valence-corrected chi connectivity index (χ1v) is 8.34. The van der Waals surface area contributed by atoms with Crippen molar-refractivity contribution in [1.29, 1.82) is 0 Å². The molecule has 1 amide bonds. The smallest absolute Gasteiger partial charge is 0.407 e. The van der Waals surface area contributed by atoms with Crippen molar-refractivity contribution < 1.29 is 9.53 Å². The lowest BCUT2D eigenvalue weighted by Gasteiger charge is -2.25. The van der Waals surface area contributed by atoms with Gasteiger partial charge in [-0.2, -0.15) is 0 Å². The van der Waals surface area contributed by atoms with E-state index in [9.17, 15) is 4.79 Å². The number of carbonyl (C=O) groups excluding carboxylic acids is 1. The number of fused-ring (bicyclic) bond motifs is 3. The molecule has 0 aromatic heterocycles. The number of hydrogen-bond acceptors (Lipinski definition) is 2. The van der Waals surface area contributed by atoms with Crippen LogP contribution in [0.5, 0.6) is 0 Å². The van der Waals surface area contributed by atoms with E-state index in [2.05, 4.69) is 36.2 Å². The molecular formula is C21H23NO2. The average molecular weight is 321 g/mol. The Balaban J connectivity index is 1.76. The first-order chi connectivity index (χ1) is 11.6. The standard InChI is InChI=1S/C21H23NO2/c1-4-21(3,5-2)22-20(23)24-14-19-17-12-8-6-10-15(17)16-11-7-9-13-18(16)19/h4,6-13,19H,1,5,14H2,2-3H3,(H,22,23). The number of rotatable bonds is 5. The minimum atomic E-state index is -0.442. The quantitative estimate of drug-likeness (QED) is 0.797. The van der Waals surface area contributed by atoms with Gasteiger partial charge < -0.3 is 10.1 Å². The number of hydrogen-bond donors (Lipinski definition) is 1. The van der Waals surface area contributed by atoms with Crippen LogP contribution in [0.2, 0.25) is 0 Å². The third kappa shape index (κ3) is 2.94. The fourth-order valence-electron chi connectivity index (χ4n) is 3.15. The number of nitrogens with one attached hydrogen (secondary N) is 1. The van der Waals surface area contributed by atoms with Crippen molar-refractivity contribution in [3.8, 4) is 11.1 Å². The van der Waals surface area contributed by atoms with Gasteiger partial charge in [0.15, 0.2) is 0 Å². The molecule has 0 saturated carbocycles. The van der Waals surface area contributed by atoms with Gasteiger partial charge in [-0.25, -0.2) is 4.79 Å². The van der Waals surface area contributed by atoms with Crippen molar-refractivity contribution in [2.45, 2.75) is 31.7 Å². The summed E-state index contributed by atoms with van der Waals surface area (Å²) < 4.78 is 5.54. The number of amides is 1. The minimum Gasteiger partial charge on any atom is -0.449 e. The van der Waals surface area contributed by atoms with Crippen molar-refractivity contribution in [2.75, 3.05) is 6.61 Å². The highest BCUT2D eigenvalue weighted by molar-refractivity contribution is 5.79. The van der Waals surface area contributed by atoms with Gasteiger partial charge in [-0.05, 0) is 35.6 Å². The second-order valence-electron chi connectivity index (χ2n) is 6.43. The molecule has 1 N–H and O–H groups in total. The predicted octanol–water partition coefficient (Wildman–Crippen LogP) is 4.88. The van der Waals surface area contributed by atoms with Gasteiger partial charge in [-0.15, -0.1) is 6.58 Å². The van der Waals surface area contributed by atoms with Crippen LogP contribution in [0.15, 0.2) is 61.2 Å². The number of alkyl carbamates (subject to hydrolysis) is 1. The SMILES string of the molecule is C=CC(C)(CC)NC(=O)OCC1c2ccccc2-c2ccccc21. The summed E-state index contributed by atoms with van der Waals surface area (Å²) in [6.07, 6.45) is 2.11.